The van der Waals surface area contributed by atoms with Crippen molar-refractivity contribution in [1.82, 2.24) is 10.2 Å². The van der Waals surface area contributed by atoms with Crippen LogP contribution in [0.5, 0.6) is 5.75 Å². The van der Waals surface area contributed by atoms with E-state index in [1.54, 1.807) is 11.1 Å². The summed E-state index contributed by atoms with van der Waals surface area (Å²) < 4.78 is 13.9. The Morgan fingerprint density at radius 1 is 1.08 bits per heavy atom. The van der Waals surface area contributed by atoms with Crippen LogP contribution in [0.15, 0.2) is 42.5 Å². The van der Waals surface area contributed by atoms with Crippen LogP contribution in [0.25, 0.3) is 0 Å². The van der Waals surface area contributed by atoms with Gasteiger partial charge in [0.1, 0.15) is 17.5 Å². The zero-order valence-corrected chi connectivity index (χ0v) is 21.9. The summed E-state index contributed by atoms with van der Waals surface area (Å²) in [5.41, 5.74) is 6.06. The Labute approximate surface area is 215 Å². The highest BCUT2D eigenvalue weighted by Crippen LogP contribution is 2.76. The quantitative estimate of drug-likeness (QED) is 0.599. The zero-order valence-electron chi connectivity index (χ0n) is 21.9. The molecule has 36 heavy (non-hydrogen) atoms. The van der Waals surface area contributed by atoms with E-state index in [2.05, 4.69) is 59.6 Å². The van der Waals surface area contributed by atoms with Crippen molar-refractivity contribution in [2.45, 2.75) is 81.6 Å². The van der Waals surface area contributed by atoms with Crippen LogP contribution in [0.4, 0.5) is 0 Å². The molecule has 4 saturated carbocycles. The highest BCUT2D eigenvalue weighted by molar-refractivity contribution is 5.61. The number of nitrogens with one attached hydrogen (secondary N) is 1. The van der Waals surface area contributed by atoms with Crippen molar-refractivity contribution in [3.05, 3.63) is 64.7 Å². The summed E-state index contributed by atoms with van der Waals surface area (Å²) in [6.07, 6.45) is 9.13. The van der Waals surface area contributed by atoms with E-state index < -0.39 is 0 Å². The third-order valence-electron chi connectivity index (χ3n) is 11.6. The van der Waals surface area contributed by atoms with Crippen LogP contribution in [0, 0.1) is 24.2 Å². The third kappa shape index (κ3) is 2.66. The van der Waals surface area contributed by atoms with Crippen molar-refractivity contribution < 1.29 is 9.47 Å². The fraction of sp³-hybridized carbons (Fsp3) is 0.625. The molecule has 5 aliphatic carbocycles. The lowest BCUT2D eigenvalue weighted by Crippen LogP contribution is -2.81. The molecule has 1 unspecified atom stereocenters. The van der Waals surface area contributed by atoms with Gasteiger partial charge in [0, 0.05) is 55.1 Å². The Morgan fingerprint density at radius 3 is 2.75 bits per heavy atom. The molecular formula is C32H40N2O2. The molecule has 4 nitrogen and oxygen atoms in total. The maximum absolute atomic E-state index is 7.18. The van der Waals surface area contributed by atoms with Crippen LogP contribution in [0.1, 0.15) is 60.8 Å². The average Bonchev–Trinajstić information content (AvgIpc) is 3.64. The summed E-state index contributed by atoms with van der Waals surface area (Å²) in [5.74, 6) is 2.63. The first-order valence-electron chi connectivity index (χ1n) is 14.4. The molecule has 2 aromatic rings. The number of piperidine rings is 1. The van der Waals surface area contributed by atoms with Gasteiger partial charge in [-0.3, -0.25) is 4.90 Å². The topological polar surface area (TPSA) is 33.7 Å². The number of hydrogen-bond donors (Lipinski definition) is 1. The Bertz CT molecular complexity index is 1190. The minimum atomic E-state index is -0.214. The second kappa shape index (κ2) is 7.58. The maximum Gasteiger partial charge on any atom is 0.138 e. The standard InChI is InChI=1S/C32H40N2O2/c1-21-8-11-24-16-26-30-12-13-32(35-2,25(17-30)19-33-18-22-6-4-3-5-7-22)29-31(30,27(24)28(21)36-29)14-15-34(26)20-23-9-10-23/h3-8,11,23,25-26,29,33H,9-10,12-20H2,1-2H3/t25-,26+,29?,30+,31-,32+/m0/s1. The SMILES string of the molecule is CO[C@]12CC[C@@]3(C[C@H]1CNCc1ccccc1)[C@H]1Cc4ccc(C)c5c4[C@@]3(CCN1CC1CC1)C2O5. The van der Waals surface area contributed by atoms with E-state index >= 15 is 0 Å². The molecule has 0 radical (unpaired) electrons. The molecule has 1 N–H and O–H groups in total. The molecule has 9 rings (SSSR count). The van der Waals surface area contributed by atoms with E-state index in [1.807, 2.05) is 7.11 Å². The maximum atomic E-state index is 7.18. The molecule has 4 bridgehead atoms. The summed E-state index contributed by atoms with van der Waals surface area (Å²) in [6, 6.07) is 16.2. The van der Waals surface area contributed by atoms with Gasteiger partial charge in [-0.2, -0.15) is 0 Å². The first kappa shape index (κ1) is 22.1. The first-order valence-corrected chi connectivity index (χ1v) is 14.4. The lowest BCUT2D eigenvalue weighted by atomic mass is 9.35. The normalized spacial score (nSPS) is 39.7. The van der Waals surface area contributed by atoms with Gasteiger partial charge < -0.3 is 14.8 Å². The Kier molecular flexibility index (Phi) is 4.66. The van der Waals surface area contributed by atoms with Gasteiger partial charge >= 0.3 is 0 Å². The number of methoxy groups -OCH3 is 1. The van der Waals surface area contributed by atoms with Gasteiger partial charge in [0.15, 0.2) is 0 Å². The fourth-order valence-electron chi connectivity index (χ4n) is 9.92. The number of fused-ring (bicyclic) bond motifs is 2. The molecule has 190 valence electrons. The van der Waals surface area contributed by atoms with Crippen LogP contribution < -0.4 is 10.1 Å². The predicted molar refractivity (Wildman–Crippen MR) is 141 cm³/mol. The third-order valence-corrected chi connectivity index (χ3v) is 11.6. The first-order chi connectivity index (χ1) is 17.6. The molecule has 5 fully saturated rings. The van der Waals surface area contributed by atoms with Gasteiger partial charge in [-0.05, 0) is 81.0 Å². The smallest absolute Gasteiger partial charge is 0.138 e. The van der Waals surface area contributed by atoms with E-state index in [0.717, 1.165) is 25.4 Å². The van der Waals surface area contributed by atoms with Crippen molar-refractivity contribution in [2.24, 2.45) is 17.3 Å². The highest BCUT2D eigenvalue weighted by atomic mass is 16.6. The van der Waals surface area contributed by atoms with Crippen LogP contribution in [-0.4, -0.2) is 49.4 Å². The average molecular weight is 485 g/mol. The van der Waals surface area contributed by atoms with Gasteiger partial charge in [-0.25, -0.2) is 0 Å². The van der Waals surface area contributed by atoms with Crippen LogP contribution >= 0.6 is 0 Å². The number of benzene rings is 2. The number of nitrogens with zero attached hydrogens (tertiary/aromatic N) is 1. The molecule has 0 amide bonds. The fourth-order valence-corrected chi connectivity index (χ4v) is 9.92. The predicted octanol–water partition coefficient (Wildman–Crippen LogP) is 5.01. The Morgan fingerprint density at radius 2 is 1.94 bits per heavy atom. The summed E-state index contributed by atoms with van der Waals surface area (Å²) in [4.78, 5) is 2.94. The van der Waals surface area contributed by atoms with E-state index in [0.29, 0.717) is 17.4 Å². The monoisotopic (exact) mass is 484 g/mol. The van der Waals surface area contributed by atoms with Crippen LogP contribution in [0.3, 0.4) is 0 Å². The largest absolute Gasteiger partial charge is 0.486 e. The summed E-state index contributed by atoms with van der Waals surface area (Å²) in [5, 5.41) is 3.85. The molecule has 4 heteroatoms. The summed E-state index contributed by atoms with van der Waals surface area (Å²) in [6.45, 7) is 6.71. The lowest BCUT2D eigenvalue weighted by Gasteiger charge is -2.74. The molecule has 0 aromatic heterocycles. The summed E-state index contributed by atoms with van der Waals surface area (Å²) >= 11 is 0. The molecule has 2 heterocycles. The highest BCUT2D eigenvalue weighted by Gasteiger charge is 2.80. The Hall–Kier alpha value is -1.88. The zero-order chi connectivity index (χ0) is 24.1. The minimum absolute atomic E-state index is 0.122. The van der Waals surface area contributed by atoms with E-state index in [9.17, 15) is 0 Å². The van der Waals surface area contributed by atoms with Crippen molar-refractivity contribution in [1.29, 1.82) is 0 Å². The molecule has 7 aliphatic rings. The van der Waals surface area contributed by atoms with Gasteiger partial charge in [-0.15, -0.1) is 0 Å². The van der Waals surface area contributed by atoms with Gasteiger partial charge in [0.25, 0.3) is 0 Å². The number of ether oxygens (including phenoxy) is 2. The van der Waals surface area contributed by atoms with Crippen molar-refractivity contribution in [3.63, 3.8) is 0 Å². The van der Waals surface area contributed by atoms with Crippen molar-refractivity contribution >= 4 is 0 Å². The van der Waals surface area contributed by atoms with Crippen molar-refractivity contribution in [2.75, 3.05) is 26.7 Å². The van der Waals surface area contributed by atoms with Crippen molar-refractivity contribution in [3.8, 4) is 5.75 Å². The van der Waals surface area contributed by atoms with Crippen LogP contribution in [-0.2, 0) is 23.1 Å². The minimum Gasteiger partial charge on any atom is -0.486 e. The van der Waals surface area contributed by atoms with Gasteiger partial charge in [-0.1, -0.05) is 42.5 Å². The molecule has 6 atom stereocenters. The number of hydrogen-bond acceptors (Lipinski definition) is 4. The lowest BCUT2D eigenvalue weighted by molar-refractivity contribution is -0.276. The molecular weight excluding hydrogens is 444 g/mol. The second-order valence-corrected chi connectivity index (χ2v) is 13.0. The molecule has 1 saturated heterocycles. The van der Waals surface area contributed by atoms with E-state index in [-0.39, 0.29) is 17.1 Å². The molecule has 2 aromatic carbocycles. The number of rotatable bonds is 7. The van der Waals surface area contributed by atoms with E-state index in [4.69, 9.17) is 9.47 Å². The number of aryl methyl sites for hydroxylation is 1. The summed E-state index contributed by atoms with van der Waals surface area (Å²) in [7, 11) is 1.97. The molecule has 2 spiro atoms. The van der Waals surface area contributed by atoms with Crippen LogP contribution in [0.2, 0.25) is 0 Å². The van der Waals surface area contributed by atoms with E-state index in [1.165, 1.54) is 68.5 Å². The number of likely N-dealkylation sites (tertiary alicyclic amines) is 1. The molecule has 2 aliphatic heterocycles. The van der Waals surface area contributed by atoms with Gasteiger partial charge in [0.2, 0.25) is 0 Å². The second-order valence-electron chi connectivity index (χ2n) is 13.0. The Balaban J connectivity index is 1.22. The van der Waals surface area contributed by atoms with Gasteiger partial charge in [0.05, 0.1) is 0 Å².